The number of carbonyl (C=O) groups is 2. The molecule has 0 saturated carbocycles. The number of aliphatic hydroxyl groups is 1. The average Bonchev–Trinajstić information content (AvgIpc) is 2.89. The molecule has 0 fully saturated rings. The number of aliphatic hydroxyl groups excluding tert-OH is 1. The van der Waals surface area contributed by atoms with Crippen molar-refractivity contribution in [2.45, 2.75) is 19.4 Å². The summed E-state index contributed by atoms with van der Waals surface area (Å²) in [6.45, 7) is 2.29. The van der Waals surface area contributed by atoms with Gasteiger partial charge in [0.2, 0.25) is 5.91 Å². The van der Waals surface area contributed by atoms with E-state index < -0.39 is 29.5 Å². The minimum atomic E-state index is -1.00. The Kier molecular flexibility index (Phi) is 9.36. The lowest BCUT2D eigenvalue weighted by Gasteiger charge is -2.31. The van der Waals surface area contributed by atoms with E-state index >= 15 is 0 Å². The summed E-state index contributed by atoms with van der Waals surface area (Å²) in [5.74, 6) is -1.51. The summed E-state index contributed by atoms with van der Waals surface area (Å²) in [5, 5.41) is 26.7. The molecule has 11 nitrogen and oxygen atoms in total. The number of nitrogens with one attached hydrogen (secondary N) is 2. The van der Waals surface area contributed by atoms with Crippen molar-refractivity contribution >= 4 is 17.7 Å². The number of amides is 1. The van der Waals surface area contributed by atoms with Crippen molar-refractivity contribution in [3.63, 3.8) is 0 Å². The summed E-state index contributed by atoms with van der Waals surface area (Å²) in [7, 11) is 3.31. The van der Waals surface area contributed by atoms with Crippen LogP contribution in [0.1, 0.15) is 24.0 Å². The number of hydrogen-bond acceptors (Lipinski definition) is 9. The lowest BCUT2D eigenvalue weighted by molar-refractivity contribution is -0.384. The molecule has 2 aromatic carbocycles. The van der Waals surface area contributed by atoms with Gasteiger partial charge in [0, 0.05) is 32.3 Å². The Bertz CT molecular complexity index is 1210. The first kappa shape index (κ1) is 27.4. The summed E-state index contributed by atoms with van der Waals surface area (Å²) >= 11 is 0. The highest BCUT2D eigenvalue weighted by atomic mass is 16.7. The van der Waals surface area contributed by atoms with Crippen LogP contribution >= 0.6 is 0 Å². The van der Waals surface area contributed by atoms with E-state index in [4.69, 9.17) is 9.47 Å². The summed E-state index contributed by atoms with van der Waals surface area (Å²) in [5.41, 5.74) is 1.88. The molecular weight excluding hydrogens is 480 g/mol. The van der Waals surface area contributed by atoms with Gasteiger partial charge in [0.1, 0.15) is 12.4 Å². The summed E-state index contributed by atoms with van der Waals surface area (Å²) < 4.78 is 10.8. The number of non-ortho nitro benzene ring substituents is 1. The van der Waals surface area contributed by atoms with Gasteiger partial charge in [-0.3, -0.25) is 19.8 Å². The molecule has 37 heavy (non-hydrogen) atoms. The van der Waals surface area contributed by atoms with E-state index in [1.165, 1.54) is 25.2 Å². The van der Waals surface area contributed by atoms with Crippen LogP contribution in [0.25, 0.3) is 0 Å². The Labute approximate surface area is 214 Å². The number of rotatable bonds is 10. The SMILES string of the molecule is CNC(=O)C1=C(CO)NC(C)=C(OC(=O)OCCN(C)Cc2ccccc2)C1c1cccc([N+](=O)[O-])c1. The van der Waals surface area contributed by atoms with Gasteiger partial charge in [0.05, 0.1) is 34.4 Å². The van der Waals surface area contributed by atoms with Crippen LogP contribution in [0.2, 0.25) is 0 Å². The average molecular weight is 511 g/mol. The van der Waals surface area contributed by atoms with Crippen molar-refractivity contribution in [2.75, 3.05) is 33.9 Å². The van der Waals surface area contributed by atoms with Crippen LogP contribution in [0, 0.1) is 10.1 Å². The van der Waals surface area contributed by atoms with Crippen LogP contribution in [-0.2, 0) is 20.8 Å². The van der Waals surface area contributed by atoms with E-state index in [1.807, 2.05) is 42.3 Å². The quantitative estimate of drug-likeness (QED) is 0.250. The number of allylic oxidation sites excluding steroid dienone is 2. The highest BCUT2D eigenvalue weighted by Gasteiger charge is 2.37. The Morgan fingerprint density at radius 3 is 2.57 bits per heavy atom. The van der Waals surface area contributed by atoms with Gasteiger partial charge in [-0.1, -0.05) is 42.5 Å². The van der Waals surface area contributed by atoms with Crippen LogP contribution in [0.15, 0.2) is 77.3 Å². The molecule has 0 aliphatic carbocycles. The predicted molar refractivity (Wildman–Crippen MR) is 135 cm³/mol. The lowest BCUT2D eigenvalue weighted by Crippen LogP contribution is -2.36. The standard InChI is InChI=1S/C26H30N4O7/c1-17-24(37-26(33)36-13-12-29(3)15-18-8-5-4-6-9-18)22(19-10-7-11-20(14-19)30(34)35)23(25(32)27-2)21(16-31)28-17/h4-11,14,22,28,31H,12-13,15-16H2,1-3H3,(H,27,32). The van der Waals surface area contributed by atoms with Gasteiger partial charge in [-0.2, -0.15) is 0 Å². The predicted octanol–water partition coefficient (Wildman–Crippen LogP) is 2.79. The minimum absolute atomic E-state index is 0.0407. The highest BCUT2D eigenvalue weighted by molar-refractivity contribution is 5.97. The van der Waals surface area contributed by atoms with Crippen molar-refractivity contribution in [3.05, 3.63) is 98.6 Å². The van der Waals surface area contributed by atoms with Crippen LogP contribution in [0.3, 0.4) is 0 Å². The number of likely N-dealkylation sites (N-methyl/N-ethyl adjacent to an activating group) is 2. The number of ether oxygens (including phenoxy) is 2. The fourth-order valence-electron chi connectivity index (χ4n) is 4.05. The first-order chi connectivity index (χ1) is 17.7. The van der Waals surface area contributed by atoms with Crippen LogP contribution in [0.4, 0.5) is 10.5 Å². The highest BCUT2D eigenvalue weighted by Crippen LogP contribution is 2.39. The summed E-state index contributed by atoms with van der Waals surface area (Å²) in [6.07, 6.45) is -0.983. The van der Waals surface area contributed by atoms with Gasteiger partial charge in [-0.25, -0.2) is 4.79 Å². The van der Waals surface area contributed by atoms with Gasteiger partial charge in [0.25, 0.3) is 5.69 Å². The molecule has 3 N–H and O–H groups in total. The molecular formula is C26H30N4O7. The van der Waals surface area contributed by atoms with E-state index in [0.717, 1.165) is 5.56 Å². The van der Waals surface area contributed by atoms with Crippen molar-refractivity contribution < 1.29 is 29.1 Å². The molecule has 0 saturated heterocycles. The second kappa shape index (κ2) is 12.7. The molecule has 1 unspecified atom stereocenters. The first-order valence-corrected chi connectivity index (χ1v) is 11.6. The van der Waals surface area contributed by atoms with Crippen LogP contribution in [0.5, 0.6) is 0 Å². The maximum atomic E-state index is 12.8. The molecule has 2 aromatic rings. The first-order valence-electron chi connectivity index (χ1n) is 11.6. The summed E-state index contributed by atoms with van der Waals surface area (Å²) in [6, 6.07) is 15.5. The zero-order chi connectivity index (χ0) is 26.9. The van der Waals surface area contributed by atoms with E-state index in [0.29, 0.717) is 24.4 Å². The second-order valence-electron chi connectivity index (χ2n) is 8.45. The Morgan fingerprint density at radius 1 is 1.19 bits per heavy atom. The molecule has 196 valence electrons. The van der Waals surface area contributed by atoms with Gasteiger partial charge >= 0.3 is 6.16 Å². The number of benzene rings is 2. The van der Waals surface area contributed by atoms with Gasteiger partial charge in [-0.05, 0) is 25.1 Å². The van der Waals surface area contributed by atoms with E-state index in [1.54, 1.807) is 13.0 Å². The molecule has 0 aromatic heterocycles. The lowest BCUT2D eigenvalue weighted by atomic mass is 9.84. The number of dihydropyridines is 1. The third kappa shape index (κ3) is 6.93. The molecule has 0 radical (unpaired) electrons. The van der Waals surface area contributed by atoms with E-state index in [-0.39, 0.29) is 29.3 Å². The third-order valence-corrected chi connectivity index (χ3v) is 5.81. The topological polar surface area (TPSA) is 143 Å². The monoisotopic (exact) mass is 510 g/mol. The third-order valence-electron chi connectivity index (χ3n) is 5.81. The van der Waals surface area contributed by atoms with E-state index in [2.05, 4.69) is 10.6 Å². The number of nitrogens with zero attached hydrogens (tertiary/aromatic N) is 2. The molecule has 3 rings (SSSR count). The maximum absolute atomic E-state index is 12.8. The largest absolute Gasteiger partial charge is 0.513 e. The Hall–Kier alpha value is -4.22. The fourth-order valence-corrected chi connectivity index (χ4v) is 4.05. The van der Waals surface area contributed by atoms with Crippen LogP contribution in [-0.4, -0.2) is 60.8 Å². The second-order valence-corrected chi connectivity index (χ2v) is 8.45. The van der Waals surface area contributed by atoms with Crippen molar-refractivity contribution in [1.82, 2.24) is 15.5 Å². The number of carbonyl (C=O) groups excluding carboxylic acids is 2. The van der Waals surface area contributed by atoms with Gasteiger partial charge < -0.3 is 25.2 Å². The Morgan fingerprint density at radius 2 is 1.92 bits per heavy atom. The van der Waals surface area contributed by atoms with Crippen LogP contribution < -0.4 is 10.6 Å². The minimum Gasteiger partial charge on any atom is -0.433 e. The van der Waals surface area contributed by atoms with Crippen molar-refractivity contribution in [3.8, 4) is 0 Å². The Balaban J connectivity index is 1.80. The fraction of sp³-hybridized carbons (Fsp3) is 0.308. The summed E-state index contributed by atoms with van der Waals surface area (Å²) in [4.78, 5) is 38.3. The molecule has 1 aliphatic heterocycles. The zero-order valence-electron chi connectivity index (χ0n) is 20.9. The molecule has 11 heteroatoms. The zero-order valence-corrected chi connectivity index (χ0v) is 20.9. The number of hydrogen-bond donors (Lipinski definition) is 3. The molecule has 0 spiro atoms. The molecule has 0 bridgehead atoms. The van der Waals surface area contributed by atoms with Gasteiger partial charge in [0.15, 0.2) is 0 Å². The van der Waals surface area contributed by atoms with E-state index in [9.17, 15) is 24.8 Å². The number of nitro benzene ring substituents is 1. The van der Waals surface area contributed by atoms with Crippen molar-refractivity contribution in [1.29, 1.82) is 0 Å². The normalized spacial score (nSPS) is 15.3. The van der Waals surface area contributed by atoms with Crippen molar-refractivity contribution in [2.24, 2.45) is 0 Å². The molecule has 1 atom stereocenters. The van der Waals surface area contributed by atoms with Gasteiger partial charge in [-0.15, -0.1) is 0 Å². The molecule has 1 heterocycles. The smallest absolute Gasteiger partial charge is 0.433 e. The molecule has 1 amide bonds. The maximum Gasteiger partial charge on any atom is 0.513 e. The number of nitro groups is 1. The molecule has 1 aliphatic rings.